The highest BCUT2D eigenvalue weighted by Gasteiger charge is 2.17. The third kappa shape index (κ3) is 2.77. The number of aryl methyl sites for hydroxylation is 1. The third-order valence-corrected chi connectivity index (χ3v) is 3.13. The van der Waals surface area contributed by atoms with Gasteiger partial charge in [-0.05, 0) is 42.5 Å². The van der Waals surface area contributed by atoms with Crippen molar-refractivity contribution in [3.8, 4) is 5.75 Å². The molecule has 17 heavy (non-hydrogen) atoms. The predicted molar refractivity (Wildman–Crippen MR) is 65.9 cm³/mol. The van der Waals surface area contributed by atoms with Crippen LogP contribution in [0.1, 0.15) is 30.0 Å². The zero-order valence-electron chi connectivity index (χ0n) is 10.0. The molecule has 4 heteroatoms. The molecule has 1 unspecified atom stereocenters. The molecule has 1 amide bonds. The topological polar surface area (TPSA) is 64.3 Å². The molecule has 0 aromatic heterocycles. The molecule has 0 saturated heterocycles. The monoisotopic (exact) mass is 234 g/mol. The number of nitrogens with one attached hydrogen (secondary N) is 1. The first-order valence-corrected chi connectivity index (χ1v) is 5.92. The predicted octanol–water partition coefficient (Wildman–Crippen LogP) is 1.15. The van der Waals surface area contributed by atoms with Gasteiger partial charge in [-0.2, -0.15) is 0 Å². The van der Waals surface area contributed by atoms with Crippen molar-refractivity contribution >= 4 is 5.91 Å². The summed E-state index contributed by atoms with van der Waals surface area (Å²) >= 11 is 0. The Balaban J connectivity index is 2.10. The molecule has 0 spiro atoms. The van der Waals surface area contributed by atoms with Crippen LogP contribution in [-0.2, 0) is 11.2 Å². The van der Waals surface area contributed by atoms with Crippen LogP contribution < -0.4 is 15.8 Å². The van der Waals surface area contributed by atoms with Gasteiger partial charge in [0.25, 0.3) is 5.91 Å². The second-order valence-electron chi connectivity index (χ2n) is 4.32. The van der Waals surface area contributed by atoms with E-state index in [1.54, 1.807) is 7.05 Å². The molecule has 1 aromatic rings. The summed E-state index contributed by atoms with van der Waals surface area (Å²) < 4.78 is 5.41. The maximum atomic E-state index is 11.1. The SMILES string of the molecule is CNC(=O)COc1ccc2c(c1)C(N)CCC2. The van der Waals surface area contributed by atoms with Crippen LogP contribution in [0.4, 0.5) is 0 Å². The highest BCUT2D eigenvalue weighted by molar-refractivity contribution is 5.77. The number of likely N-dealkylation sites (N-methyl/N-ethyl adjacent to an activating group) is 1. The maximum Gasteiger partial charge on any atom is 0.257 e. The van der Waals surface area contributed by atoms with E-state index in [0.717, 1.165) is 24.8 Å². The van der Waals surface area contributed by atoms with Gasteiger partial charge in [0.05, 0.1) is 0 Å². The van der Waals surface area contributed by atoms with Crippen molar-refractivity contribution in [2.75, 3.05) is 13.7 Å². The number of ether oxygens (including phenoxy) is 1. The first-order valence-electron chi connectivity index (χ1n) is 5.92. The lowest BCUT2D eigenvalue weighted by molar-refractivity contribution is -0.122. The minimum Gasteiger partial charge on any atom is -0.484 e. The van der Waals surface area contributed by atoms with Crippen molar-refractivity contribution in [1.29, 1.82) is 0 Å². The molecule has 92 valence electrons. The fraction of sp³-hybridized carbons (Fsp3) is 0.462. The highest BCUT2D eigenvalue weighted by atomic mass is 16.5. The summed E-state index contributed by atoms with van der Waals surface area (Å²) in [6.07, 6.45) is 3.25. The molecule has 0 aliphatic heterocycles. The van der Waals surface area contributed by atoms with Crippen LogP contribution in [0.5, 0.6) is 5.75 Å². The second-order valence-corrected chi connectivity index (χ2v) is 4.32. The molecule has 0 heterocycles. The molecule has 2 rings (SSSR count). The molecule has 0 radical (unpaired) electrons. The quantitative estimate of drug-likeness (QED) is 0.824. The molecule has 4 nitrogen and oxygen atoms in total. The van der Waals surface area contributed by atoms with Gasteiger partial charge in [0.2, 0.25) is 0 Å². The van der Waals surface area contributed by atoms with Gasteiger partial charge in [-0.15, -0.1) is 0 Å². The highest BCUT2D eigenvalue weighted by Crippen LogP contribution is 2.30. The Hall–Kier alpha value is -1.55. The Morgan fingerprint density at radius 2 is 2.41 bits per heavy atom. The van der Waals surface area contributed by atoms with E-state index in [2.05, 4.69) is 5.32 Å². The van der Waals surface area contributed by atoms with Crippen molar-refractivity contribution in [3.63, 3.8) is 0 Å². The van der Waals surface area contributed by atoms with Crippen molar-refractivity contribution < 1.29 is 9.53 Å². The average molecular weight is 234 g/mol. The molecular weight excluding hydrogens is 216 g/mol. The van der Waals surface area contributed by atoms with Crippen molar-refractivity contribution in [1.82, 2.24) is 5.32 Å². The molecule has 3 N–H and O–H groups in total. The second kappa shape index (κ2) is 5.19. The molecule has 0 fully saturated rings. The number of fused-ring (bicyclic) bond motifs is 1. The normalized spacial score (nSPS) is 18.4. The zero-order chi connectivity index (χ0) is 12.3. The molecule has 1 aliphatic rings. The van der Waals surface area contributed by atoms with E-state index in [1.165, 1.54) is 5.56 Å². The van der Waals surface area contributed by atoms with Crippen LogP contribution in [-0.4, -0.2) is 19.6 Å². The van der Waals surface area contributed by atoms with E-state index in [-0.39, 0.29) is 18.6 Å². The van der Waals surface area contributed by atoms with Crippen LogP contribution >= 0.6 is 0 Å². The number of hydrogen-bond donors (Lipinski definition) is 2. The first kappa shape index (κ1) is 11.9. The van der Waals surface area contributed by atoms with Gasteiger partial charge < -0.3 is 15.8 Å². The Morgan fingerprint density at radius 3 is 3.18 bits per heavy atom. The number of hydrogen-bond acceptors (Lipinski definition) is 3. The van der Waals surface area contributed by atoms with Gasteiger partial charge in [0.1, 0.15) is 5.75 Å². The summed E-state index contributed by atoms with van der Waals surface area (Å²) in [5, 5.41) is 2.52. The van der Waals surface area contributed by atoms with Crippen molar-refractivity contribution in [2.24, 2.45) is 5.73 Å². The van der Waals surface area contributed by atoms with E-state index < -0.39 is 0 Å². The molecule has 0 saturated carbocycles. The largest absolute Gasteiger partial charge is 0.484 e. The number of nitrogens with two attached hydrogens (primary N) is 1. The van der Waals surface area contributed by atoms with E-state index >= 15 is 0 Å². The van der Waals surface area contributed by atoms with Crippen LogP contribution in [0.15, 0.2) is 18.2 Å². The summed E-state index contributed by atoms with van der Waals surface area (Å²) in [5.74, 6) is 0.580. The lowest BCUT2D eigenvalue weighted by atomic mass is 9.88. The maximum absolute atomic E-state index is 11.1. The summed E-state index contributed by atoms with van der Waals surface area (Å²) in [7, 11) is 1.59. The lowest BCUT2D eigenvalue weighted by Crippen LogP contribution is -2.25. The standard InChI is InChI=1S/C13H18N2O2/c1-15-13(16)8-17-10-6-5-9-3-2-4-12(14)11(9)7-10/h5-7,12H,2-4,8,14H2,1H3,(H,15,16). The van der Waals surface area contributed by atoms with Gasteiger partial charge in [0.15, 0.2) is 6.61 Å². The van der Waals surface area contributed by atoms with Crippen LogP contribution in [0.3, 0.4) is 0 Å². The number of carbonyl (C=O) groups is 1. The van der Waals surface area contributed by atoms with Gasteiger partial charge in [0, 0.05) is 13.1 Å². The molecule has 0 bridgehead atoms. The third-order valence-electron chi connectivity index (χ3n) is 3.13. The van der Waals surface area contributed by atoms with Crippen molar-refractivity contribution in [2.45, 2.75) is 25.3 Å². The Kier molecular flexibility index (Phi) is 3.64. The molecule has 1 aromatic carbocycles. The summed E-state index contributed by atoms with van der Waals surface area (Å²) in [4.78, 5) is 11.1. The fourth-order valence-corrected chi connectivity index (χ4v) is 2.12. The Morgan fingerprint density at radius 1 is 1.59 bits per heavy atom. The average Bonchev–Trinajstić information content (AvgIpc) is 2.36. The van der Waals surface area contributed by atoms with E-state index in [9.17, 15) is 4.79 Å². The van der Waals surface area contributed by atoms with E-state index in [4.69, 9.17) is 10.5 Å². The molecule has 1 atom stereocenters. The van der Waals surface area contributed by atoms with Crippen LogP contribution in [0.2, 0.25) is 0 Å². The molecular formula is C13H18N2O2. The van der Waals surface area contributed by atoms with Gasteiger partial charge in [-0.1, -0.05) is 6.07 Å². The van der Waals surface area contributed by atoms with E-state index in [1.807, 2.05) is 18.2 Å². The lowest BCUT2D eigenvalue weighted by Gasteiger charge is -2.22. The van der Waals surface area contributed by atoms with Gasteiger partial charge in [-0.3, -0.25) is 4.79 Å². The first-order chi connectivity index (χ1) is 8.20. The number of rotatable bonds is 3. The number of benzene rings is 1. The van der Waals surface area contributed by atoms with E-state index in [0.29, 0.717) is 5.75 Å². The minimum atomic E-state index is -0.132. The summed E-state index contributed by atoms with van der Waals surface area (Å²) in [5.41, 5.74) is 8.52. The van der Waals surface area contributed by atoms with Crippen molar-refractivity contribution in [3.05, 3.63) is 29.3 Å². The Bertz CT molecular complexity index is 418. The smallest absolute Gasteiger partial charge is 0.257 e. The van der Waals surface area contributed by atoms with Crippen LogP contribution in [0, 0.1) is 0 Å². The van der Waals surface area contributed by atoms with Gasteiger partial charge in [-0.25, -0.2) is 0 Å². The fourth-order valence-electron chi connectivity index (χ4n) is 2.12. The van der Waals surface area contributed by atoms with Crippen LogP contribution in [0.25, 0.3) is 0 Å². The minimum absolute atomic E-state index is 0.0462. The summed E-state index contributed by atoms with van der Waals surface area (Å²) in [6, 6.07) is 6.01. The number of amides is 1. The molecule has 1 aliphatic carbocycles. The van der Waals surface area contributed by atoms with Gasteiger partial charge >= 0.3 is 0 Å². The summed E-state index contributed by atoms with van der Waals surface area (Å²) in [6.45, 7) is 0.0462. The Labute approximate surface area is 101 Å². The number of carbonyl (C=O) groups excluding carboxylic acids is 1. The zero-order valence-corrected chi connectivity index (χ0v) is 10.0.